The molecule has 0 radical (unpaired) electrons. The third-order valence-corrected chi connectivity index (χ3v) is 4.63. The van der Waals surface area contributed by atoms with Gasteiger partial charge in [0, 0.05) is 17.7 Å². The van der Waals surface area contributed by atoms with Gasteiger partial charge in [-0.15, -0.1) is 0 Å². The molecule has 0 aliphatic rings. The van der Waals surface area contributed by atoms with Gasteiger partial charge in [0.1, 0.15) is 5.76 Å². The maximum Gasteiger partial charge on any atom is 0.305 e. The van der Waals surface area contributed by atoms with Crippen LogP contribution in [-0.4, -0.2) is 28.8 Å². The number of nitrogens with one attached hydrogen (secondary N) is 1. The van der Waals surface area contributed by atoms with Gasteiger partial charge in [-0.05, 0) is 62.2 Å². The van der Waals surface area contributed by atoms with Crippen molar-refractivity contribution in [2.75, 3.05) is 7.11 Å². The minimum atomic E-state index is -0.239. The molecule has 2 aromatic heterocycles. The maximum atomic E-state index is 12.3. The van der Waals surface area contributed by atoms with Gasteiger partial charge in [-0.2, -0.15) is 5.10 Å². The summed E-state index contributed by atoms with van der Waals surface area (Å²) in [7, 11) is 1.39. The predicted octanol–water partition coefficient (Wildman–Crippen LogP) is 3.12. The molecular weight excluding hydrogens is 358 g/mol. The van der Waals surface area contributed by atoms with E-state index in [-0.39, 0.29) is 11.9 Å². The van der Waals surface area contributed by atoms with Gasteiger partial charge in [0.05, 0.1) is 31.3 Å². The van der Waals surface area contributed by atoms with Gasteiger partial charge < -0.3 is 14.5 Å². The number of ether oxygens (including phenoxy) is 1. The Bertz CT molecular complexity index is 956. The monoisotopic (exact) mass is 381 g/mol. The first-order valence-electron chi connectivity index (χ1n) is 9.02. The van der Waals surface area contributed by atoms with Crippen molar-refractivity contribution in [3.63, 3.8) is 0 Å². The van der Waals surface area contributed by atoms with Gasteiger partial charge >= 0.3 is 5.97 Å². The number of rotatable bonds is 7. The summed E-state index contributed by atoms with van der Waals surface area (Å²) in [5.41, 5.74) is 4.29. The van der Waals surface area contributed by atoms with Crippen LogP contribution in [0.15, 0.2) is 47.1 Å². The number of nitrogens with zero attached hydrogens (tertiary/aromatic N) is 2. The van der Waals surface area contributed by atoms with Gasteiger partial charge in [0.15, 0.2) is 0 Å². The zero-order chi connectivity index (χ0) is 20.1. The van der Waals surface area contributed by atoms with Crippen LogP contribution in [0.3, 0.4) is 0 Å². The Morgan fingerprint density at radius 3 is 2.57 bits per heavy atom. The van der Waals surface area contributed by atoms with Gasteiger partial charge in [0.25, 0.3) is 5.91 Å². The van der Waals surface area contributed by atoms with Crippen LogP contribution in [0.1, 0.15) is 39.5 Å². The van der Waals surface area contributed by atoms with Crippen molar-refractivity contribution in [2.45, 2.75) is 33.2 Å². The summed E-state index contributed by atoms with van der Waals surface area (Å²) in [6, 6.07) is 10.8. The third kappa shape index (κ3) is 4.31. The van der Waals surface area contributed by atoms with Crippen LogP contribution in [0.5, 0.6) is 0 Å². The second-order valence-electron chi connectivity index (χ2n) is 6.45. The highest BCUT2D eigenvalue weighted by Gasteiger charge is 2.15. The van der Waals surface area contributed by atoms with Crippen molar-refractivity contribution in [2.24, 2.45) is 0 Å². The Hall–Kier alpha value is -3.35. The largest absolute Gasteiger partial charge is 0.469 e. The van der Waals surface area contributed by atoms with Crippen LogP contribution in [0.2, 0.25) is 0 Å². The number of hydrogen-bond acceptors (Lipinski definition) is 5. The van der Waals surface area contributed by atoms with E-state index in [1.807, 2.05) is 36.7 Å². The first-order valence-corrected chi connectivity index (χ1v) is 9.02. The molecule has 1 aromatic carbocycles. The summed E-state index contributed by atoms with van der Waals surface area (Å²) >= 11 is 0. The number of carbonyl (C=O) groups is 2. The first-order chi connectivity index (χ1) is 13.5. The van der Waals surface area contributed by atoms with E-state index in [9.17, 15) is 9.59 Å². The Morgan fingerprint density at radius 2 is 1.93 bits per heavy atom. The van der Waals surface area contributed by atoms with Crippen LogP contribution < -0.4 is 5.32 Å². The van der Waals surface area contributed by atoms with Crippen molar-refractivity contribution in [3.05, 3.63) is 70.9 Å². The normalized spacial score (nSPS) is 10.7. The summed E-state index contributed by atoms with van der Waals surface area (Å²) in [6.45, 7) is 4.23. The number of benzene rings is 1. The molecule has 0 unspecified atom stereocenters. The molecule has 28 heavy (non-hydrogen) atoms. The van der Waals surface area contributed by atoms with Crippen molar-refractivity contribution >= 4 is 11.9 Å². The average molecular weight is 381 g/mol. The van der Waals surface area contributed by atoms with E-state index in [0.717, 1.165) is 22.6 Å². The molecule has 0 atom stereocenters. The lowest BCUT2D eigenvalue weighted by Gasteiger charge is -2.08. The molecule has 3 rings (SSSR count). The fraction of sp³-hybridized carbons (Fsp3) is 0.286. The van der Waals surface area contributed by atoms with Gasteiger partial charge in [0.2, 0.25) is 0 Å². The summed E-state index contributed by atoms with van der Waals surface area (Å²) in [4.78, 5) is 23.7. The van der Waals surface area contributed by atoms with E-state index in [1.165, 1.54) is 7.11 Å². The van der Waals surface area contributed by atoms with E-state index < -0.39 is 0 Å². The molecule has 0 saturated heterocycles. The average Bonchev–Trinajstić information content (AvgIpc) is 3.32. The Kier molecular flexibility index (Phi) is 5.93. The first kappa shape index (κ1) is 19.4. The second kappa shape index (κ2) is 8.56. The minimum absolute atomic E-state index is 0.171. The smallest absolute Gasteiger partial charge is 0.305 e. The van der Waals surface area contributed by atoms with E-state index >= 15 is 0 Å². The zero-order valence-electron chi connectivity index (χ0n) is 16.2. The molecule has 0 spiro atoms. The number of amides is 1. The number of aromatic nitrogens is 2. The van der Waals surface area contributed by atoms with E-state index in [4.69, 9.17) is 9.15 Å². The molecular formula is C21H23N3O4. The highest BCUT2D eigenvalue weighted by molar-refractivity contribution is 5.94. The number of hydrogen-bond donors (Lipinski definition) is 1. The highest BCUT2D eigenvalue weighted by atomic mass is 16.5. The quantitative estimate of drug-likeness (QED) is 0.636. The van der Waals surface area contributed by atoms with Gasteiger partial charge in [-0.3, -0.25) is 9.59 Å². The lowest BCUT2D eigenvalue weighted by Crippen LogP contribution is -2.22. The van der Waals surface area contributed by atoms with Crippen LogP contribution in [0, 0.1) is 13.8 Å². The Labute approximate surface area is 163 Å². The highest BCUT2D eigenvalue weighted by Crippen LogP contribution is 2.20. The molecule has 3 aromatic rings. The fourth-order valence-corrected chi connectivity index (χ4v) is 3.05. The number of aryl methyl sites for hydroxylation is 1. The molecule has 1 amide bonds. The molecule has 7 heteroatoms. The minimum Gasteiger partial charge on any atom is -0.469 e. The number of esters is 1. The number of furan rings is 1. The molecule has 146 valence electrons. The van der Waals surface area contributed by atoms with Crippen molar-refractivity contribution in [1.29, 1.82) is 0 Å². The van der Waals surface area contributed by atoms with E-state index in [2.05, 4.69) is 10.4 Å². The van der Waals surface area contributed by atoms with Gasteiger partial charge in [-0.25, -0.2) is 4.68 Å². The van der Waals surface area contributed by atoms with Gasteiger partial charge in [-0.1, -0.05) is 0 Å². The van der Waals surface area contributed by atoms with Crippen LogP contribution in [-0.2, 0) is 22.5 Å². The molecule has 7 nitrogen and oxygen atoms in total. The SMILES string of the molecule is COC(=O)CCc1c(C)nn(-c2ccc(C(=O)NCc3ccco3)cc2)c1C. The second-order valence-corrected chi connectivity index (χ2v) is 6.45. The van der Waals surface area contributed by atoms with Crippen molar-refractivity contribution in [3.8, 4) is 5.69 Å². The van der Waals surface area contributed by atoms with E-state index in [0.29, 0.717) is 30.7 Å². The lowest BCUT2D eigenvalue weighted by atomic mass is 10.1. The summed E-state index contributed by atoms with van der Waals surface area (Å²) in [5.74, 6) is 0.290. The van der Waals surface area contributed by atoms with Crippen LogP contribution in [0.25, 0.3) is 5.69 Å². The fourth-order valence-electron chi connectivity index (χ4n) is 3.05. The number of carbonyl (C=O) groups excluding carboxylic acids is 2. The Balaban J connectivity index is 1.70. The maximum absolute atomic E-state index is 12.3. The molecule has 1 N–H and O–H groups in total. The summed E-state index contributed by atoms with van der Waals surface area (Å²) in [6.07, 6.45) is 2.47. The summed E-state index contributed by atoms with van der Waals surface area (Å²) < 4.78 is 11.7. The molecule has 0 fully saturated rings. The van der Waals surface area contributed by atoms with Crippen molar-refractivity contribution in [1.82, 2.24) is 15.1 Å². The number of methoxy groups -OCH3 is 1. The molecule has 2 heterocycles. The van der Waals surface area contributed by atoms with Crippen LogP contribution >= 0.6 is 0 Å². The topological polar surface area (TPSA) is 86.4 Å². The summed E-state index contributed by atoms with van der Waals surface area (Å²) in [5, 5.41) is 7.40. The third-order valence-electron chi connectivity index (χ3n) is 4.63. The molecule has 0 aliphatic heterocycles. The predicted molar refractivity (Wildman–Crippen MR) is 103 cm³/mol. The van der Waals surface area contributed by atoms with Crippen molar-refractivity contribution < 1.29 is 18.7 Å². The molecule has 0 saturated carbocycles. The van der Waals surface area contributed by atoms with E-state index in [1.54, 1.807) is 24.5 Å². The zero-order valence-corrected chi connectivity index (χ0v) is 16.2. The lowest BCUT2D eigenvalue weighted by molar-refractivity contribution is -0.140. The van der Waals surface area contributed by atoms with Crippen LogP contribution in [0.4, 0.5) is 0 Å². The molecule has 0 bridgehead atoms. The standard InChI is InChI=1S/C21H23N3O4/c1-14-19(10-11-20(25)27-3)15(2)24(23-14)17-8-6-16(7-9-17)21(26)22-13-18-5-4-12-28-18/h4-9,12H,10-11,13H2,1-3H3,(H,22,26). The molecule has 0 aliphatic carbocycles. The Morgan fingerprint density at radius 1 is 1.18 bits per heavy atom.